The number of hydrogen-bond donors (Lipinski definition) is 1. The molecule has 1 aromatic heterocycles. The summed E-state index contributed by atoms with van der Waals surface area (Å²) in [7, 11) is 0. The first-order valence-electron chi connectivity index (χ1n) is 7.69. The topological polar surface area (TPSA) is 46.9 Å². The largest absolute Gasteiger partial charge is 0.435 e. The lowest BCUT2D eigenvalue weighted by atomic mass is 10.2. The molecule has 0 aliphatic carbocycles. The van der Waals surface area contributed by atoms with Crippen molar-refractivity contribution in [3.05, 3.63) is 81.8 Å². The molecule has 9 heteroatoms. The Balaban J connectivity index is 1.66. The molecule has 1 amide bonds. The van der Waals surface area contributed by atoms with Gasteiger partial charge in [0.25, 0.3) is 5.91 Å². The van der Waals surface area contributed by atoms with Gasteiger partial charge in [0, 0.05) is 17.2 Å². The fourth-order valence-electron chi connectivity index (χ4n) is 2.33. The van der Waals surface area contributed by atoms with E-state index in [-0.39, 0.29) is 12.1 Å². The van der Waals surface area contributed by atoms with Crippen molar-refractivity contribution in [3.63, 3.8) is 0 Å². The molecule has 0 bridgehead atoms. The predicted octanol–water partition coefficient (Wildman–Crippen LogP) is 4.72. The molecular formula is C18H12BrF4N3O. The van der Waals surface area contributed by atoms with Crippen molar-refractivity contribution < 1.29 is 22.4 Å². The fraction of sp³-hybridized carbons (Fsp3) is 0.111. The van der Waals surface area contributed by atoms with E-state index < -0.39 is 23.6 Å². The van der Waals surface area contributed by atoms with Gasteiger partial charge in [0.15, 0.2) is 5.69 Å². The Morgan fingerprint density at radius 1 is 1.11 bits per heavy atom. The van der Waals surface area contributed by atoms with Gasteiger partial charge in [-0.3, -0.25) is 4.79 Å². The summed E-state index contributed by atoms with van der Waals surface area (Å²) in [5.41, 5.74) is 0.374. The van der Waals surface area contributed by atoms with Crippen LogP contribution < -0.4 is 5.32 Å². The maximum atomic E-state index is 13.3. The summed E-state index contributed by atoms with van der Waals surface area (Å²) < 4.78 is 52.7. The number of halogens is 5. The minimum atomic E-state index is -4.50. The second-order valence-electron chi connectivity index (χ2n) is 5.62. The number of benzene rings is 2. The van der Waals surface area contributed by atoms with Crippen molar-refractivity contribution in [2.75, 3.05) is 0 Å². The first-order chi connectivity index (χ1) is 12.7. The minimum absolute atomic E-state index is 0.169. The molecule has 1 N–H and O–H groups in total. The van der Waals surface area contributed by atoms with Crippen molar-refractivity contribution in [1.29, 1.82) is 0 Å². The van der Waals surface area contributed by atoms with Crippen LogP contribution >= 0.6 is 15.9 Å². The molecule has 0 atom stereocenters. The van der Waals surface area contributed by atoms with E-state index in [1.54, 1.807) is 24.3 Å². The van der Waals surface area contributed by atoms with Crippen LogP contribution in [0, 0.1) is 5.82 Å². The maximum absolute atomic E-state index is 13.3. The minimum Gasteiger partial charge on any atom is -0.348 e. The smallest absolute Gasteiger partial charge is 0.348 e. The average Bonchev–Trinajstić information content (AvgIpc) is 3.13. The molecule has 3 rings (SSSR count). The summed E-state index contributed by atoms with van der Waals surface area (Å²) in [6, 6.07) is 11.2. The monoisotopic (exact) mass is 441 g/mol. The highest BCUT2D eigenvalue weighted by Gasteiger charge is 2.33. The summed E-state index contributed by atoms with van der Waals surface area (Å²) >= 11 is 3.19. The summed E-state index contributed by atoms with van der Waals surface area (Å²) in [5.74, 6) is -0.975. The number of carbonyl (C=O) groups is 1. The van der Waals surface area contributed by atoms with Gasteiger partial charge in [0.05, 0.1) is 11.3 Å². The molecule has 0 spiro atoms. The van der Waals surface area contributed by atoms with Crippen LogP contribution in [0.4, 0.5) is 17.6 Å². The van der Waals surface area contributed by atoms with Crippen LogP contribution in [0.25, 0.3) is 5.69 Å². The second kappa shape index (κ2) is 7.51. The summed E-state index contributed by atoms with van der Waals surface area (Å²) in [6.07, 6.45) is -3.28. The highest BCUT2D eigenvalue weighted by molar-refractivity contribution is 9.10. The van der Waals surface area contributed by atoms with Gasteiger partial charge in [-0.05, 0) is 57.9 Å². The van der Waals surface area contributed by atoms with Crippen LogP contribution in [0.3, 0.4) is 0 Å². The van der Waals surface area contributed by atoms with E-state index >= 15 is 0 Å². The Morgan fingerprint density at radius 2 is 1.81 bits per heavy atom. The SMILES string of the molecule is O=C(NCc1ccc(-n2ccc(C(F)(F)F)n2)cc1)c1cc(F)ccc1Br. The van der Waals surface area contributed by atoms with Crippen molar-refractivity contribution in [1.82, 2.24) is 15.1 Å². The van der Waals surface area contributed by atoms with Crippen molar-refractivity contribution in [2.45, 2.75) is 12.7 Å². The molecule has 0 saturated carbocycles. The van der Waals surface area contributed by atoms with Crippen molar-refractivity contribution in [2.24, 2.45) is 0 Å². The van der Waals surface area contributed by atoms with Crippen LogP contribution in [-0.2, 0) is 12.7 Å². The van der Waals surface area contributed by atoms with Gasteiger partial charge in [-0.2, -0.15) is 18.3 Å². The van der Waals surface area contributed by atoms with Gasteiger partial charge in [-0.25, -0.2) is 9.07 Å². The molecular weight excluding hydrogens is 430 g/mol. The van der Waals surface area contributed by atoms with Gasteiger partial charge in [-0.1, -0.05) is 12.1 Å². The lowest BCUT2D eigenvalue weighted by Gasteiger charge is -2.08. The molecule has 0 saturated heterocycles. The number of hydrogen-bond acceptors (Lipinski definition) is 2. The van der Waals surface area contributed by atoms with Crippen molar-refractivity contribution >= 4 is 21.8 Å². The predicted molar refractivity (Wildman–Crippen MR) is 93.8 cm³/mol. The quantitative estimate of drug-likeness (QED) is 0.595. The Labute approximate surface area is 159 Å². The van der Waals surface area contributed by atoms with Crippen LogP contribution in [0.1, 0.15) is 21.6 Å². The van der Waals surface area contributed by atoms with Gasteiger partial charge < -0.3 is 5.32 Å². The third-order valence-electron chi connectivity index (χ3n) is 3.71. The maximum Gasteiger partial charge on any atom is 0.435 e. The molecule has 1 heterocycles. The number of alkyl halides is 3. The normalized spacial score (nSPS) is 11.4. The number of aromatic nitrogens is 2. The summed E-state index contributed by atoms with van der Waals surface area (Å²) in [4.78, 5) is 12.1. The van der Waals surface area contributed by atoms with Gasteiger partial charge in [0.1, 0.15) is 5.82 Å². The second-order valence-corrected chi connectivity index (χ2v) is 6.47. The molecule has 4 nitrogen and oxygen atoms in total. The molecule has 140 valence electrons. The molecule has 27 heavy (non-hydrogen) atoms. The highest BCUT2D eigenvalue weighted by atomic mass is 79.9. The van der Waals surface area contributed by atoms with E-state index in [0.29, 0.717) is 10.2 Å². The molecule has 3 aromatic rings. The number of rotatable bonds is 4. The third-order valence-corrected chi connectivity index (χ3v) is 4.40. The summed E-state index contributed by atoms with van der Waals surface area (Å²) in [5, 5.41) is 6.15. The Hall–Kier alpha value is -2.68. The van der Waals surface area contributed by atoms with Crippen LogP contribution in [0.2, 0.25) is 0 Å². The van der Waals surface area contributed by atoms with Gasteiger partial charge in [0.2, 0.25) is 0 Å². The molecule has 0 aliphatic heterocycles. The Bertz CT molecular complexity index is 967. The van der Waals surface area contributed by atoms with E-state index in [4.69, 9.17) is 0 Å². The zero-order chi connectivity index (χ0) is 19.6. The number of amides is 1. The first-order valence-corrected chi connectivity index (χ1v) is 8.49. The third kappa shape index (κ3) is 4.54. The molecule has 0 fully saturated rings. The van der Waals surface area contributed by atoms with Crippen molar-refractivity contribution in [3.8, 4) is 5.69 Å². The standard InChI is InChI=1S/C18H12BrF4N3O/c19-15-6-3-12(20)9-14(15)17(27)24-10-11-1-4-13(5-2-11)26-8-7-16(25-26)18(21,22)23/h1-9H,10H2,(H,24,27). The van der Waals surface area contributed by atoms with E-state index in [2.05, 4.69) is 26.3 Å². The highest BCUT2D eigenvalue weighted by Crippen LogP contribution is 2.27. The van der Waals surface area contributed by atoms with Crippen LogP contribution in [0.15, 0.2) is 59.2 Å². The van der Waals surface area contributed by atoms with Gasteiger partial charge in [-0.15, -0.1) is 0 Å². The number of carbonyl (C=O) groups excluding carboxylic acids is 1. The molecule has 0 aliphatic rings. The Morgan fingerprint density at radius 3 is 2.44 bits per heavy atom. The van der Waals surface area contributed by atoms with E-state index in [1.807, 2.05) is 0 Å². The van der Waals surface area contributed by atoms with E-state index in [0.717, 1.165) is 22.4 Å². The number of nitrogens with one attached hydrogen (secondary N) is 1. The molecule has 2 aromatic carbocycles. The lowest BCUT2D eigenvalue weighted by Crippen LogP contribution is -2.23. The molecule has 0 unspecified atom stereocenters. The molecule has 0 radical (unpaired) electrons. The zero-order valence-corrected chi connectivity index (χ0v) is 15.2. The van der Waals surface area contributed by atoms with E-state index in [9.17, 15) is 22.4 Å². The summed E-state index contributed by atoms with van der Waals surface area (Å²) in [6.45, 7) is 0.176. The first kappa shape index (κ1) is 19.1. The Kier molecular flexibility index (Phi) is 5.31. The number of nitrogens with zero attached hydrogens (tertiary/aromatic N) is 2. The zero-order valence-electron chi connectivity index (χ0n) is 13.6. The van der Waals surface area contributed by atoms with E-state index in [1.165, 1.54) is 18.3 Å². The fourth-order valence-corrected chi connectivity index (χ4v) is 2.76. The van der Waals surface area contributed by atoms with Crippen LogP contribution in [-0.4, -0.2) is 15.7 Å². The van der Waals surface area contributed by atoms with Crippen LogP contribution in [0.5, 0.6) is 0 Å². The van der Waals surface area contributed by atoms with Gasteiger partial charge >= 0.3 is 6.18 Å². The average molecular weight is 442 g/mol. The lowest BCUT2D eigenvalue weighted by molar-refractivity contribution is -0.141.